The van der Waals surface area contributed by atoms with E-state index < -0.39 is 0 Å². The zero-order chi connectivity index (χ0) is 22.9. The molecule has 0 atom stereocenters. The second-order valence-electron chi connectivity index (χ2n) is 7.67. The monoisotopic (exact) mass is 455 g/mol. The lowest BCUT2D eigenvalue weighted by atomic mass is 10.2. The number of carbonyl (C=O) groups is 1. The van der Waals surface area contributed by atoms with Gasteiger partial charge in [-0.25, -0.2) is 4.68 Å². The van der Waals surface area contributed by atoms with Gasteiger partial charge < -0.3 is 10.1 Å². The molecule has 0 saturated heterocycles. The number of thiophene rings is 1. The van der Waals surface area contributed by atoms with Gasteiger partial charge in [0, 0.05) is 22.1 Å². The van der Waals surface area contributed by atoms with Crippen LogP contribution in [-0.4, -0.2) is 25.9 Å². The van der Waals surface area contributed by atoms with Crippen molar-refractivity contribution in [3.63, 3.8) is 0 Å². The van der Waals surface area contributed by atoms with Crippen LogP contribution >= 0.6 is 11.3 Å². The molecule has 1 amide bonds. The molecule has 0 unspecified atom stereocenters. The third kappa shape index (κ3) is 4.20. The van der Waals surface area contributed by atoms with Crippen LogP contribution in [0.5, 0.6) is 11.6 Å². The van der Waals surface area contributed by atoms with Crippen LogP contribution in [0.2, 0.25) is 0 Å². The Morgan fingerprint density at radius 3 is 2.42 bits per heavy atom. The van der Waals surface area contributed by atoms with E-state index in [1.165, 1.54) is 11.3 Å². The van der Waals surface area contributed by atoms with E-state index in [2.05, 4.69) is 20.6 Å². The number of aromatic nitrogens is 4. The van der Waals surface area contributed by atoms with Gasteiger partial charge >= 0.3 is 0 Å². The molecular weight excluding hydrogens is 434 g/mol. The van der Waals surface area contributed by atoms with Crippen LogP contribution in [0.25, 0.3) is 15.9 Å². The number of hydrogen-bond donors (Lipinski definition) is 1. The highest BCUT2D eigenvalue weighted by molar-refractivity contribution is 7.20. The summed E-state index contributed by atoms with van der Waals surface area (Å²) < 4.78 is 8.66. The predicted octanol–water partition coefficient (Wildman–Crippen LogP) is 5.85. The minimum Gasteiger partial charge on any atom is -0.438 e. The van der Waals surface area contributed by atoms with Crippen molar-refractivity contribution in [2.24, 2.45) is 0 Å². The fourth-order valence-electron chi connectivity index (χ4n) is 3.44. The van der Waals surface area contributed by atoms with Crippen molar-refractivity contribution in [3.05, 3.63) is 88.6 Å². The summed E-state index contributed by atoms with van der Waals surface area (Å²) in [5, 5.41) is 16.9. The largest absolute Gasteiger partial charge is 0.438 e. The van der Waals surface area contributed by atoms with Crippen molar-refractivity contribution in [2.75, 3.05) is 5.32 Å². The molecule has 5 rings (SSSR count). The average Bonchev–Trinajstić information content (AvgIpc) is 3.38. The fraction of sp³-hybridized carbons (Fsp3) is 0.120. The number of fused-ring (bicyclic) bond motifs is 1. The quantitative estimate of drug-likeness (QED) is 0.360. The molecule has 0 aliphatic heterocycles. The number of nitrogens with zero attached hydrogens (tertiary/aromatic N) is 4. The summed E-state index contributed by atoms with van der Waals surface area (Å²) in [5.74, 6) is 1.47. The molecule has 0 aliphatic carbocycles. The van der Waals surface area contributed by atoms with Crippen molar-refractivity contribution < 1.29 is 9.53 Å². The predicted molar refractivity (Wildman–Crippen MR) is 130 cm³/mol. The molecule has 0 spiro atoms. The third-order valence-corrected chi connectivity index (χ3v) is 6.59. The molecule has 33 heavy (non-hydrogen) atoms. The van der Waals surface area contributed by atoms with E-state index in [4.69, 9.17) is 4.74 Å². The Kier molecular flexibility index (Phi) is 5.35. The van der Waals surface area contributed by atoms with Crippen LogP contribution < -0.4 is 10.1 Å². The molecule has 7 nitrogen and oxygen atoms in total. The topological polar surface area (TPSA) is 81.9 Å². The summed E-state index contributed by atoms with van der Waals surface area (Å²) in [6.07, 6.45) is 0. The molecule has 2 aromatic carbocycles. The number of ether oxygens (including phenoxy) is 1. The first kappa shape index (κ1) is 20.8. The van der Waals surface area contributed by atoms with E-state index in [-0.39, 0.29) is 5.91 Å². The maximum absolute atomic E-state index is 12.6. The number of hydrogen-bond acceptors (Lipinski definition) is 6. The lowest BCUT2D eigenvalue weighted by Crippen LogP contribution is -2.09. The second kappa shape index (κ2) is 8.48. The Hall–Kier alpha value is -4.04. The van der Waals surface area contributed by atoms with Crippen LogP contribution in [0.1, 0.15) is 26.6 Å². The van der Waals surface area contributed by atoms with E-state index in [1.807, 2.05) is 57.2 Å². The second-order valence-corrected chi connectivity index (χ2v) is 8.75. The van der Waals surface area contributed by atoms with Crippen molar-refractivity contribution in [3.8, 4) is 17.4 Å². The maximum Gasteiger partial charge on any atom is 0.265 e. The number of anilines is 1. The molecular formula is C25H21N5O2S. The molecule has 3 aromatic heterocycles. The van der Waals surface area contributed by atoms with Crippen LogP contribution in [0.4, 0.5) is 5.69 Å². The van der Waals surface area contributed by atoms with Gasteiger partial charge in [0.1, 0.15) is 5.75 Å². The average molecular weight is 456 g/mol. The number of nitrogens with one attached hydrogen (secondary N) is 1. The first-order valence-corrected chi connectivity index (χ1v) is 11.2. The van der Waals surface area contributed by atoms with Gasteiger partial charge in [-0.1, -0.05) is 18.2 Å². The number of benzene rings is 2. The number of aryl methyl sites for hydroxylation is 1. The molecule has 0 saturated carbocycles. The lowest BCUT2D eigenvalue weighted by Gasteiger charge is -2.08. The molecule has 0 radical (unpaired) electrons. The van der Waals surface area contributed by atoms with Gasteiger partial charge in [0.25, 0.3) is 5.91 Å². The Bertz CT molecular complexity index is 1420. The van der Waals surface area contributed by atoms with Gasteiger partial charge in [-0.3, -0.25) is 4.79 Å². The summed E-state index contributed by atoms with van der Waals surface area (Å²) in [7, 11) is 0. The molecule has 0 aliphatic rings. The van der Waals surface area contributed by atoms with Crippen molar-refractivity contribution in [1.29, 1.82) is 0 Å². The van der Waals surface area contributed by atoms with Crippen LogP contribution in [0.15, 0.2) is 66.7 Å². The lowest BCUT2D eigenvalue weighted by molar-refractivity contribution is 0.103. The van der Waals surface area contributed by atoms with Crippen molar-refractivity contribution >= 4 is 33.0 Å². The molecule has 0 fully saturated rings. The smallest absolute Gasteiger partial charge is 0.265 e. The molecule has 3 heterocycles. The Morgan fingerprint density at radius 2 is 1.76 bits per heavy atom. The fourth-order valence-corrected chi connectivity index (χ4v) is 4.40. The van der Waals surface area contributed by atoms with Gasteiger partial charge in [0.2, 0.25) is 5.88 Å². The van der Waals surface area contributed by atoms with E-state index >= 15 is 0 Å². The zero-order valence-corrected chi connectivity index (χ0v) is 19.2. The highest BCUT2D eigenvalue weighted by atomic mass is 32.1. The highest BCUT2D eigenvalue weighted by Crippen LogP contribution is 2.27. The van der Waals surface area contributed by atoms with Gasteiger partial charge in [0.05, 0.1) is 10.6 Å². The van der Waals surface area contributed by atoms with Crippen LogP contribution in [-0.2, 0) is 0 Å². The summed E-state index contributed by atoms with van der Waals surface area (Å²) in [4.78, 5) is 13.3. The molecule has 0 bridgehead atoms. The summed E-state index contributed by atoms with van der Waals surface area (Å²) >= 11 is 1.47. The summed E-state index contributed by atoms with van der Waals surface area (Å²) in [6, 6.07) is 20.6. The highest BCUT2D eigenvalue weighted by Gasteiger charge is 2.12. The van der Waals surface area contributed by atoms with Crippen LogP contribution in [0.3, 0.4) is 0 Å². The van der Waals surface area contributed by atoms with E-state index in [1.54, 1.807) is 35.0 Å². The Labute approximate surface area is 194 Å². The maximum atomic E-state index is 12.6. The van der Waals surface area contributed by atoms with Gasteiger partial charge in [-0.05, 0) is 74.2 Å². The van der Waals surface area contributed by atoms with Gasteiger partial charge in [-0.2, -0.15) is 5.10 Å². The third-order valence-electron chi connectivity index (χ3n) is 5.48. The summed E-state index contributed by atoms with van der Waals surface area (Å²) in [6.45, 7) is 6.01. The van der Waals surface area contributed by atoms with Gasteiger partial charge in [0.15, 0.2) is 5.82 Å². The molecule has 5 aromatic rings. The SMILES string of the molecule is Cc1nn(-c2ccc(Oc3ccc(NC(=O)c4cc5ccccc5s4)cc3)nn2)c(C)c1C. The number of carbonyl (C=O) groups excluding carboxylic acids is 1. The molecule has 1 N–H and O–H groups in total. The summed E-state index contributed by atoms with van der Waals surface area (Å²) in [5.41, 5.74) is 3.82. The Morgan fingerprint density at radius 1 is 0.970 bits per heavy atom. The zero-order valence-electron chi connectivity index (χ0n) is 18.4. The van der Waals surface area contributed by atoms with E-state index in [0.29, 0.717) is 28.0 Å². The number of amides is 1. The van der Waals surface area contributed by atoms with E-state index in [0.717, 1.165) is 27.0 Å². The van der Waals surface area contributed by atoms with Crippen molar-refractivity contribution in [1.82, 2.24) is 20.0 Å². The number of rotatable bonds is 5. The van der Waals surface area contributed by atoms with Gasteiger partial charge in [-0.15, -0.1) is 21.5 Å². The minimum atomic E-state index is -0.134. The Balaban J connectivity index is 1.25. The van der Waals surface area contributed by atoms with Crippen molar-refractivity contribution in [2.45, 2.75) is 20.8 Å². The normalized spacial score (nSPS) is 11.0. The van der Waals surface area contributed by atoms with E-state index in [9.17, 15) is 4.79 Å². The molecule has 8 heteroatoms. The van der Waals surface area contributed by atoms with Crippen LogP contribution in [0, 0.1) is 20.8 Å². The molecule has 164 valence electrons. The first-order chi connectivity index (χ1) is 16.0. The standard InChI is InChI=1S/C25H21N5O2S/c1-15-16(2)29-30(17(15)3)23-12-13-24(28-27-23)32-20-10-8-19(9-11-20)26-25(31)22-14-18-6-4-5-7-21(18)33-22/h4-14H,1-3H3,(H,26,31). The minimum absolute atomic E-state index is 0.134. The first-order valence-electron chi connectivity index (χ1n) is 10.4.